The van der Waals surface area contributed by atoms with Crippen LogP contribution in [0.4, 0.5) is 0 Å². The lowest BCUT2D eigenvalue weighted by Crippen LogP contribution is -2.12. The van der Waals surface area contributed by atoms with Crippen molar-refractivity contribution < 1.29 is 9.90 Å². The van der Waals surface area contributed by atoms with Gasteiger partial charge in [-0.25, -0.2) is 9.78 Å². The molecule has 4 nitrogen and oxygen atoms in total. The van der Waals surface area contributed by atoms with E-state index in [4.69, 9.17) is 0 Å². The van der Waals surface area contributed by atoms with Crippen molar-refractivity contribution in [2.24, 2.45) is 5.41 Å². The Morgan fingerprint density at radius 2 is 2.20 bits per heavy atom. The van der Waals surface area contributed by atoms with Gasteiger partial charge < -0.3 is 9.67 Å². The molecule has 20 heavy (non-hydrogen) atoms. The van der Waals surface area contributed by atoms with Crippen LogP contribution < -0.4 is 0 Å². The highest BCUT2D eigenvalue weighted by atomic mass is 16.4. The molecule has 0 aliphatic heterocycles. The molecule has 1 aliphatic carbocycles. The van der Waals surface area contributed by atoms with E-state index in [0.717, 1.165) is 29.7 Å². The van der Waals surface area contributed by atoms with E-state index >= 15 is 0 Å². The Bertz CT molecular complexity index is 685. The summed E-state index contributed by atoms with van der Waals surface area (Å²) in [5, 5.41) is 9.42. The molecule has 1 atom stereocenters. The van der Waals surface area contributed by atoms with Gasteiger partial charge in [0.15, 0.2) is 0 Å². The van der Waals surface area contributed by atoms with Crippen LogP contribution in [0.25, 0.3) is 11.0 Å². The van der Waals surface area contributed by atoms with Gasteiger partial charge in [-0.15, -0.1) is 0 Å². The lowest BCUT2D eigenvalue weighted by molar-refractivity contribution is 0.0698. The Labute approximate surface area is 118 Å². The number of carbonyl (C=O) groups is 1. The van der Waals surface area contributed by atoms with E-state index in [9.17, 15) is 9.90 Å². The summed E-state index contributed by atoms with van der Waals surface area (Å²) in [6.07, 6.45) is 3.34. The largest absolute Gasteiger partial charge is 0.478 e. The summed E-state index contributed by atoms with van der Waals surface area (Å²) in [6, 6.07) is 5.69. The number of rotatable bonds is 2. The van der Waals surface area contributed by atoms with E-state index in [1.54, 1.807) is 12.1 Å². The van der Waals surface area contributed by atoms with Crippen molar-refractivity contribution >= 4 is 17.0 Å². The Kier molecular flexibility index (Phi) is 2.85. The summed E-state index contributed by atoms with van der Waals surface area (Å²) >= 11 is 0. The maximum Gasteiger partial charge on any atom is 0.337 e. The summed E-state index contributed by atoms with van der Waals surface area (Å²) in [5.74, 6) is 0.0328. The maximum atomic E-state index is 11.5. The zero-order valence-electron chi connectivity index (χ0n) is 12.2. The van der Waals surface area contributed by atoms with Gasteiger partial charge >= 0.3 is 5.97 Å². The van der Waals surface area contributed by atoms with Gasteiger partial charge in [-0.2, -0.15) is 0 Å². The maximum absolute atomic E-state index is 11.5. The minimum Gasteiger partial charge on any atom is -0.478 e. The third kappa shape index (κ3) is 1.99. The second kappa shape index (κ2) is 4.33. The molecule has 2 aromatic rings. The number of aromatic carboxylic acids is 1. The predicted molar refractivity (Wildman–Crippen MR) is 78.1 cm³/mol. The first-order valence-electron chi connectivity index (χ1n) is 7.10. The molecule has 1 heterocycles. The van der Waals surface area contributed by atoms with Gasteiger partial charge in [-0.1, -0.05) is 19.9 Å². The van der Waals surface area contributed by atoms with Crippen molar-refractivity contribution in [3.63, 3.8) is 0 Å². The van der Waals surface area contributed by atoms with Crippen LogP contribution in [0.3, 0.4) is 0 Å². The molecule has 4 heteroatoms. The number of fused-ring (bicyclic) bond motifs is 1. The van der Waals surface area contributed by atoms with Crippen molar-refractivity contribution in [3.05, 3.63) is 29.6 Å². The fourth-order valence-electron chi connectivity index (χ4n) is 3.50. The number of hydrogen-bond acceptors (Lipinski definition) is 2. The molecule has 1 saturated carbocycles. The summed E-state index contributed by atoms with van der Waals surface area (Å²) in [5.41, 5.74) is 2.24. The molecule has 1 fully saturated rings. The van der Waals surface area contributed by atoms with Crippen LogP contribution in [-0.2, 0) is 0 Å². The number of aryl methyl sites for hydroxylation is 1. The highest BCUT2D eigenvalue weighted by Crippen LogP contribution is 2.45. The second-order valence-corrected chi connectivity index (χ2v) is 6.57. The van der Waals surface area contributed by atoms with Crippen molar-refractivity contribution in [1.29, 1.82) is 0 Å². The first-order chi connectivity index (χ1) is 9.39. The summed E-state index contributed by atoms with van der Waals surface area (Å²) in [7, 11) is 0. The molecule has 0 spiro atoms. The highest BCUT2D eigenvalue weighted by Gasteiger charge is 2.34. The smallest absolute Gasteiger partial charge is 0.337 e. The predicted octanol–water partition coefficient (Wildman–Crippen LogP) is 3.79. The van der Waals surface area contributed by atoms with Crippen molar-refractivity contribution in [2.45, 2.75) is 46.1 Å². The standard InChI is InChI=1S/C16H20N2O2/c1-10-17-13-6-4-5-12(15(19)20)14(13)18(10)11-7-8-16(2,3)9-11/h4-6,11H,7-9H2,1-3H3,(H,19,20). The molecule has 1 aromatic carbocycles. The fourth-order valence-corrected chi connectivity index (χ4v) is 3.50. The van der Waals surface area contributed by atoms with Crippen LogP contribution in [0.15, 0.2) is 18.2 Å². The SMILES string of the molecule is Cc1nc2cccc(C(=O)O)c2n1C1CCC(C)(C)C1. The van der Waals surface area contributed by atoms with Crippen LogP contribution >= 0.6 is 0 Å². The number of imidazole rings is 1. The van der Waals surface area contributed by atoms with Gasteiger partial charge in [0, 0.05) is 6.04 Å². The van der Waals surface area contributed by atoms with E-state index in [1.165, 1.54) is 6.42 Å². The Balaban J connectivity index is 2.20. The third-order valence-electron chi connectivity index (χ3n) is 4.42. The first kappa shape index (κ1) is 13.2. The van der Waals surface area contributed by atoms with Crippen LogP contribution in [-0.4, -0.2) is 20.6 Å². The summed E-state index contributed by atoms with van der Waals surface area (Å²) < 4.78 is 2.15. The molecule has 1 unspecified atom stereocenters. The summed E-state index contributed by atoms with van der Waals surface area (Å²) in [4.78, 5) is 16.0. The molecule has 0 amide bonds. The molecule has 3 rings (SSSR count). The van der Waals surface area contributed by atoms with Crippen LogP contribution in [0, 0.1) is 12.3 Å². The number of carboxylic acid groups (broad SMARTS) is 1. The second-order valence-electron chi connectivity index (χ2n) is 6.57. The zero-order chi connectivity index (χ0) is 14.5. The highest BCUT2D eigenvalue weighted by molar-refractivity contribution is 6.01. The topological polar surface area (TPSA) is 55.1 Å². The lowest BCUT2D eigenvalue weighted by atomic mass is 9.92. The minimum absolute atomic E-state index is 0.325. The average Bonchev–Trinajstić information content (AvgIpc) is 2.87. The van der Waals surface area contributed by atoms with E-state index in [1.807, 2.05) is 13.0 Å². The number of para-hydroxylation sites is 1. The number of nitrogens with zero attached hydrogens (tertiary/aromatic N) is 2. The number of hydrogen-bond donors (Lipinski definition) is 1. The van der Waals surface area contributed by atoms with E-state index < -0.39 is 5.97 Å². The Morgan fingerprint density at radius 1 is 1.45 bits per heavy atom. The Hall–Kier alpha value is -1.84. The monoisotopic (exact) mass is 272 g/mol. The van der Waals surface area contributed by atoms with Crippen molar-refractivity contribution in [3.8, 4) is 0 Å². The van der Waals surface area contributed by atoms with Gasteiger partial charge in [0.2, 0.25) is 0 Å². The van der Waals surface area contributed by atoms with Gasteiger partial charge in [0.25, 0.3) is 0 Å². The van der Waals surface area contributed by atoms with E-state index in [-0.39, 0.29) is 0 Å². The van der Waals surface area contributed by atoms with Crippen LogP contribution in [0.1, 0.15) is 55.3 Å². The summed E-state index contributed by atoms with van der Waals surface area (Å²) in [6.45, 7) is 6.52. The van der Waals surface area contributed by atoms with Crippen LogP contribution in [0.5, 0.6) is 0 Å². The molecule has 1 aliphatic rings. The van der Waals surface area contributed by atoms with Gasteiger partial charge in [0.1, 0.15) is 5.82 Å². The van der Waals surface area contributed by atoms with E-state index in [2.05, 4.69) is 23.4 Å². The van der Waals surface area contributed by atoms with Crippen molar-refractivity contribution in [1.82, 2.24) is 9.55 Å². The van der Waals surface area contributed by atoms with Gasteiger partial charge in [0.05, 0.1) is 16.6 Å². The van der Waals surface area contributed by atoms with Gasteiger partial charge in [-0.05, 0) is 43.7 Å². The zero-order valence-corrected chi connectivity index (χ0v) is 12.2. The van der Waals surface area contributed by atoms with Crippen molar-refractivity contribution in [2.75, 3.05) is 0 Å². The molecule has 1 aromatic heterocycles. The number of aromatic nitrogens is 2. The molecular formula is C16H20N2O2. The van der Waals surface area contributed by atoms with E-state index in [0.29, 0.717) is 17.0 Å². The third-order valence-corrected chi connectivity index (χ3v) is 4.42. The number of carboxylic acids is 1. The van der Waals surface area contributed by atoms with Crippen LogP contribution in [0.2, 0.25) is 0 Å². The van der Waals surface area contributed by atoms with Gasteiger partial charge in [-0.3, -0.25) is 0 Å². The minimum atomic E-state index is -0.881. The Morgan fingerprint density at radius 3 is 2.80 bits per heavy atom. The average molecular weight is 272 g/mol. The fraction of sp³-hybridized carbons (Fsp3) is 0.500. The quantitative estimate of drug-likeness (QED) is 0.904. The molecule has 0 bridgehead atoms. The molecule has 1 N–H and O–H groups in total. The first-order valence-corrected chi connectivity index (χ1v) is 7.10. The normalized spacial score (nSPS) is 21.4. The molecule has 106 valence electrons. The molecule has 0 radical (unpaired) electrons. The molecular weight excluding hydrogens is 252 g/mol. The number of benzene rings is 1. The lowest BCUT2D eigenvalue weighted by Gasteiger charge is -2.20. The molecule has 0 saturated heterocycles.